The molecule has 1 rings (SSSR count). The number of aryl methyl sites for hydroxylation is 1. The smallest absolute Gasteiger partial charge is 0.164 e. The predicted octanol–water partition coefficient (Wildman–Crippen LogP) is 2.39. The number of pyridine rings is 1. The largest absolute Gasteiger partial charge is 0.382 e. The van der Waals surface area contributed by atoms with Crippen molar-refractivity contribution in [2.75, 3.05) is 7.11 Å². The second-order valence-corrected chi connectivity index (χ2v) is 3.70. The molecule has 0 aliphatic carbocycles. The van der Waals surface area contributed by atoms with Gasteiger partial charge in [-0.1, -0.05) is 0 Å². The Labute approximate surface area is 90.5 Å². The monoisotopic (exact) mass is 207 g/mol. The second-order valence-electron chi connectivity index (χ2n) is 3.70. The Bertz CT molecular complexity index is 336. The summed E-state index contributed by atoms with van der Waals surface area (Å²) in [7, 11) is 1.66. The van der Waals surface area contributed by atoms with Gasteiger partial charge in [-0.2, -0.15) is 0 Å². The molecule has 0 radical (unpaired) electrons. The molecule has 0 saturated carbocycles. The first-order chi connectivity index (χ1) is 7.15. The molecule has 0 spiro atoms. The summed E-state index contributed by atoms with van der Waals surface area (Å²) in [6, 6.07) is 1.85. The summed E-state index contributed by atoms with van der Waals surface area (Å²) < 4.78 is 5.10. The van der Waals surface area contributed by atoms with Crippen molar-refractivity contribution in [1.82, 2.24) is 4.98 Å². The third kappa shape index (κ3) is 3.44. The number of ketones is 1. The molecule has 1 unspecified atom stereocenters. The van der Waals surface area contributed by atoms with E-state index in [1.165, 1.54) is 0 Å². The number of carbonyl (C=O) groups is 1. The van der Waals surface area contributed by atoms with Crippen LogP contribution in [0.2, 0.25) is 0 Å². The number of hydrogen-bond acceptors (Lipinski definition) is 3. The molecule has 1 heterocycles. The van der Waals surface area contributed by atoms with E-state index in [1.807, 2.05) is 19.9 Å². The molecule has 0 amide bonds. The van der Waals surface area contributed by atoms with Crippen LogP contribution in [0.4, 0.5) is 0 Å². The van der Waals surface area contributed by atoms with Crippen molar-refractivity contribution in [1.29, 1.82) is 0 Å². The molecular formula is C12H17NO2. The summed E-state index contributed by atoms with van der Waals surface area (Å²) in [5.74, 6) is 0.143. The minimum atomic E-state index is 0.130. The van der Waals surface area contributed by atoms with Crippen molar-refractivity contribution in [2.24, 2.45) is 0 Å². The second kappa shape index (κ2) is 5.61. The van der Waals surface area contributed by atoms with Crippen LogP contribution < -0.4 is 0 Å². The lowest BCUT2D eigenvalue weighted by atomic mass is 10.0. The molecule has 1 atom stereocenters. The lowest BCUT2D eigenvalue weighted by Crippen LogP contribution is -2.09. The highest BCUT2D eigenvalue weighted by molar-refractivity contribution is 5.97. The van der Waals surface area contributed by atoms with Crippen LogP contribution in [0.15, 0.2) is 18.5 Å². The summed E-state index contributed by atoms with van der Waals surface area (Å²) in [4.78, 5) is 15.8. The summed E-state index contributed by atoms with van der Waals surface area (Å²) >= 11 is 0. The van der Waals surface area contributed by atoms with Crippen LogP contribution in [0.1, 0.15) is 35.7 Å². The topological polar surface area (TPSA) is 39.2 Å². The number of aromatic nitrogens is 1. The maximum atomic E-state index is 11.8. The van der Waals surface area contributed by atoms with Gasteiger partial charge in [-0.05, 0) is 31.9 Å². The zero-order valence-corrected chi connectivity index (χ0v) is 9.49. The Balaban J connectivity index is 2.58. The third-order valence-electron chi connectivity index (χ3n) is 2.52. The molecule has 0 aromatic carbocycles. The van der Waals surface area contributed by atoms with E-state index in [0.717, 1.165) is 17.5 Å². The maximum Gasteiger partial charge on any atom is 0.164 e. The molecule has 1 aromatic heterocycles. The molecule has 15 heavy (non-hydrogen) atoms. The van der Waals surface area contributed by atoms with E-state index in [4.69, 9.17) is 4.74 Å². The van der Waals surface area contributed by atoms with Crippen molar-refractivity contribution in [2.45, 2.75) is 32.8 Å². The molecule has 0 aliphatic heterocycles. The van der Waals surface area contributed by atoms with Gasteiger partial charge in [-0.3, -0.25) is 9.78 Å². The van der Waals surface area contributed by atoms with Crippen LogP contribution in [0.5, 0.6) is 0 Å². The van der Waals surface area contributed by atoms with Gasteiger partial charge in [0.1, 0.15) is 0 Å². The number of hydrogen-bond donors (Lipinski definition) is 0. The molecule has 0 saturated heterocycles. The van der Waals surface area contributed by atoms with Crippen molar-refractivity contribution in [3.05, 3.63) is 29.6 Å². The zero-order chi connectivity index (χ0) is 11.3. The SMILES string of the molecule is COC(C)CCC(=O)c1cnccc1C. The normalized spacial score (nSPS) is 12.5. The Morgan fingerprint density at radius 1 is 1.60 bits per heavy atom. The lowest BCUT2D eigenvalue weighted by Gasteiger charge is -2.08. The fourth-order valence-corrected chi connectivity index (χ4v) is 1.34. The Morgan fingerprint density at radius 2 is 2.33 bits per heavy atom. The van der Waals surface area contributed by atoms with Crippen molar-refractivity contribution >= 4 is 5.78 Å². The fraction of sp³-hybridized carbons (Fsp3) is 0.500. The van der Waals surface area contributed by atoms with Crippen LogP contribution in [-0.2, 0) is 4.74 Å². The number of Topliss-reactive ketones (excluding diaryl/α,β-unsaturated/α-hetero) is 1. The van der Waals surface area contributed by atoms with Gasteiger partial charge in [-0.25, -0.2) is 0 Å². The number of nitrogens with zero attached hydrogens (tertiary/aromatic N) is 1. The van der Waals surface area contributed by atoms with Crippen LogP contribution >= 0.6 is 0 Å². The Kier molecular flexibility index (Phi) is 4.43. The van der Waals surface area contributed by atoms with E-state index in [0.29, 0.717) is 6.42 Å². The first-order valence-electron chi connectivity index (χ1n) is 5.11. The van der Waals surface area contributed by atoms with E-state index < -0.39 is 0 Å². The molecule has 3 heteroatoms. The standard InChI is InChI=1S/C12H17NO2/c1-9-6-7-13-8-11(9)12(14)5-4-10(2)15-3/h6-8,10H,4-5H2,1-3H3. The van der Waals surface area contributed by atoms with Crippen LogP contribution in [-0.4, -0.2) is 24.0 Å². The first kappa shape index (κ1) is 11.9. The van der Waals surface area contributed by atoms with Crippen molar-refractivity contribution in [3.8, 4) is 0 Å². The average molecular weight is 207 g/mol. The Hall–Kier alpha value is -1.22. The van der Waals surface area contributed by atoms with Crippen LogP contribution in [0.3, 0.4) is 0 Å². The maximum absolute atomic E-state index is 11.8. The highest BCUT2D eigenvalue weighted by atomic mass is 16.5. The minimum Gasteiger partial charge on any atom is -0.382 e. The van der Waals surface area contributed by atoms with Gasteiger partial charge in [0.05, 0.1) is 6.10 Å². The van der Waals surface area contributed by atoms with E-state index in [9.17, 15) is 4.79 Å². The average Bonchev–Trinajstić information content (AvgIpc) is 2.26. The molecule has 0 fully saturated rings. The highest BCUT2D eigenvalue weighted by Crippen LogP contribution is 2.11. The van der Waals surface area contributed by atoms with Gasteiger partial charge in [0.25, 0.3) is 0 Å². The lowest BCUT2D eigenvalue weighted by molar-refractivity contribution is 0.0877. The summed E-state index contributed by atoms with van der Waals surface area (Å²) in [6.07, 6.45) is 4.73. The van der Waals surface area contributed by atoms with Crippen molar-refractivity contribution in [3.63, 3.8) is 0 Å². The van der Waals surface area contributed by atoms with Gasteiger partial charge in [0.2, 0.25) is 0 Å². The van der Waals surface area contributed by atoms with Crippen LogP contribution in [0, 0.1) is 6.92 Å². The third-order valence-corrected chi connectivity index (χ3v) is 2.52. The predicted molar refractivity (Wildman–Crippen MR) is 59.0 cm³/mol. The molecule has 0 bridgehead atoms. The van der Waals surface area contributed by atoms with E-state index in [-0.39, 0.29) is 11.9 Å². The molecule has 82 valence electrons. The fourth-order valence-electron chi connectivity index (χ4n) is 1.34. The van der Waals surface area contributed by atoms with Gasteiger partial charge < -0.3 is 4.74 Å². The first-order valence-corrected chi connectivity index (χ1v) is 5.11. The number of carbonyl (C=O) groups excluding carboxylic acids is 1. The molecule has 0 N–H and O–H groups in total. The van der Waals surface area contributed by atoms with Gasteiger partial charge >= 0.3 is 0 Å². The minimum absolute atomic E-state index is 0.130. The molecular weight excluding hydrogens is 190 g/mol. The summed E-state index contributed by atoms with van der Waals surface area (Å²) in [6.45, 7) is 3.89. The molecule has 3 nitrogen and oxygen atoms in total. The van der Waals surface area contributed by atoms with Gasteiger partial charge in [0.15, 0.2) is 5.78 Å². The number of rotatable bonds is 5. The summed E-state index contributed by atoms with van der Waals surface area (Å²) in [5, 5.41) is 0. The van der Waals surface area contributed by atoms with Crippen LogP contribution in [0.25, 0.3) is 0 Å². The molecule has 0 aliphatic rings. The van der Waals surface area contributed by atoms with E-state index in [1.54, 1.807) is 19.5 Å². The van der Waals surface area contributed by atoms with E-state index >= 15 is 0 Å². The quantitative estimate of drug-likeness (QED) is 0.696. The number of methoxy groups -OCH3 is 1. The zero-order valence-electron chi connectivity index (χ0n) is 9.49. The van der Waals surface area contributed by atoms with Gasteiger partial charge in [0, 0.05) is 31.5 Å². The van der Waals surface area contributed by atoms with E-state index in [2.05, 4.69) is 4.98 Å². The summed E-state index contributed by atoms with van der Waals surface area (Å²) in [5.41, 5.74) is 1.71. The Morgan fingerprint density at radius 3 is 2.93 bits per heavy atom. The number of ether oxygens (including phenoxy) is 1. The van der Waals surface area contributed by atoms with Gasteiger partial charge in [-0.15, -0.1) is 0 Å². The highest BCUT2D eigenvalue weighted by Gasteiger charge is 2.10. The molecule has 1 aromatic rings. The van der Waals surface area contributed by atoms with Crippen molar-refractivity contribution < 1.29 is 9.53 Å².